The van der Waals surface area contributed by atoms with E-state index in [1.165, 1.54) is 6.33 Å². The molecule has 2 heterocycles. The first kappa shape index (κ1) is 17.9. The molecule has 2 atom stereocenters. The lowest BCUT2D eigenvalue weighted by Gasteiger charge is -2.37. The molecule has 0 bridgehead atoms. The van der Waals surface area contributed by atoms with Gasteiger partial charge in [-0.05, 0) is 40.0 Å². The van der Waals surface area contributed by atoms with E-state index in [2.05, 4.69) is 21.8 Å². The molecule has 0 saturated carbocycles. The van der Waals surface area contributed by atoms with Crippen molar-refractivity contribution in [2.24, 2.45) is 0 Å². The third-order valence-electron chi connectivity index (χ3n) is 4.80. The van der Waals surface area contributed by atoms with Crippen LogP contribution in [0.25, 0.3) is 0 Å². The number of fused-ring (bicyclic) bond motifs is 1. The molecular formula is C18H28N4O3. The van der Waals surface area contributed by atoms with Crippen molar-refractivity contribution in [1.82, 2.24) is 14.9 Å². The number of nitrogens with zero attached hydrogens (tertiary/aromatic N) is 4. The van der Waals surface area contributed by atoms with E-state index < -0.39 is 11.2 Å². The Kier molecular flexibility index (Phi) is 4.39. The van der Waals surface area contributed by atoms with Crippen LogP contribution in [0.3, 0.4) is 0 Å². The fourth-order valence-corrected chi connectivity index (χ4v) is 3.74. The van der Waals surface area contributed by atoms with E-state index in [1.54, 1.807) is 4.90 Å². The molecule has 0 spiro atoms. The summed E-state index contributed by atoms with van der Waals surface area (Å²) in [6.45, 7) is 12.1. The Morgan fingerprint density at radius 3 is 2.52 bits per heavy atom. The summed E-state index contributed by atoms with van der Waals surface area (Å²) >= 11 is 0. The Morgan fingerprint density at radius 2 is 1.92 bits per heavy atom. The number of carbonyl (C=O) groups is 1. The van der Waals surface area contributed by atoms with Gasteiger partial charge in [0.2, 0.25) is 0 Å². The van der Waals surface area contributed by atoms with Gasteiger partial charge in [-0.1, -0.05) is 6.92 Å². The van der Waals surface area contributed by atoms with Crippen molar-refractivity contribution in [2.45, 2.75) is 58.2 Å². The summed E-state index contributed by atoms with van der Waals surface area (Å²) in [6.07, 6.45) is 1.92. The number of aliphatic hydroxyl groups is 1. The lowest BCUT2D eigenvalue weighted by Crippen LogP contribution is -2.50. The van der Waals surface area contributed by atoms with Crippen molar-refractivity contribution in [3.63, 3.8) is 0 Å². The van der Waals surface area contributed by atoms with Crippen LogP contribution in [0.15, 0.2) is 6.33 Å². The third-order valence-corrected chi connectivity index (χ3v) is 4.80. The number of hydrogen-bond acceptors (Lipinski definition) is 6. The van der Waals surface area contributed by atoms with Crippen LogP contribution in [0.5, 0.6) is 0 Å². The SMILES string of the molecule is C[C@@H]1CC(C)(O)c2ncnc(N3CCN(C(=O)OC(C)(C)C)CC3)c21. The molecule has 1 fully saturated rings. The van der Waals surface area contributed by atoms with Crippen LogP contribution in [-0.2, 0) is 10.3 Å². The van der Waals surface area contributed by atoms with Gasteiger partial charge in [-0.25, -0.2) is 14.8 Å². The minimum absolute atomic E-state index is 0.213. The smallest absolute Gasteiger partial charge is 0.410 e. The zero-order valence-corrected chi connectivity index (χ0v) is 15.7. The zero-order chi connectivity index (χ0) is 18.4. The molecule has 1 unspecified atom stereocenters. The van der Waals surface area contributed by atoms with Gasteiger partial charge in [0.15, 0.2) is 0 Å². The van der Waals surface area contributed by atoms with Gasteiger partial charge in [0, 0.05) is 31.7 Å². The van der Waals surface area contributed by atoms with Gasteiger partial charge in [0.05, 0.1) is 5.69 Å². The quantitative estimate of drug-likeness (QED) is 0.839. The van der Waals surface area contributed by atoms with Crippen molar-refractivity contribution in [1.29, 1.82) is 0 Å². The second kappa shape index (κ2) is 6.12. The van der Waals surface area contributed by atoms with Crippen molar-refractivity contribution in [3.05, 3.63) is 17.6 Å². The zero-order valence-electron chi connectivity index (χ0n) is 15.7. The second-order valence-electron chi connectivity index (χ2n) is 8.29. The average Bonchev–Trinajstić information content (AvgIpc) is 2.75. The minimum atomic E-state index is -0.898. The van der Waals surface area contributed by atoms with Crippen LogP contribution >= 0.6 is 0 Å². The van der Waals surface area contributed by atoms with Crippen LogP contribution < -0.4 is 4.90 Å². The number of amides is 1. The Balaban J connectivity index is 1.73. The summed E-state index contributed by atoms with van der Waals surface area (Å²) in [5.74, 6) is 1.10. The van der Waals surface area contributed by atoms with Gasteiger partial charge in [0.25, 0.3) is 0 Å². The monoisotopic (exact) mass is 348 g/mol. The first-order chi connectivity index (χ1) is 11.6. The van der Waals surface area contributed by atoms with Crippen LogP contribution in [-0.4, -0.2) is 57.8 Å². The minimum Gasteiger partial charge on any atom is -0.444 e. The molecule has 1 amide bonds. The number of carbonyl (C=O) groups excluding carboxylic acids is 1. The number of aromatic nitrogens is 2. The molecule has 7 nitrogen and oxygen atoms in total. The highest BCUT2D eigenvalue weighted by Crippen LogP contribution is 2.46. The lowest BCUT2D eigenvalue weighted by atomic mass is 10.0. The van der Waals surface area contributed by atoms with Crippen molar-refractivity contribution in [2.75, 3.05) is 31.1 Å². The van der Waals surface area contributed by atoms with E-state index in [0.29, 0.717) is 32.6 Å². The molecule has 3 rings (SSSR count). The predicted molar refractivity (Wildman–Crippen MR) is 94.7 cm³/mol. The topological polar surface area (TPSA) is 78.8 Å². The molecule has 1 saturated heterocycles. The molecule has 0 radical (unpaired) electrons. The molecule has 1 aliphatic carbocycles. The summed E-state index contributed by atoms with van der Waals surface area (Å²) in [4.78, 5) is 24.9. The number of ether oxygens (including phenoxy) is 1. The van der Waals surface area contributed by atoms with Gasteiger partial charge < -0.3 is 19.6 Å². The van der Waals surface area contributed by atoms with Gasteiger partial charge in [-0.15, -0.1) is 0 Å². The first-order valence-electron chi connectivity index (χ1n) is 8.89. The maximum Gasteiger partial charge on any atom is 0.410 e. The van der Waals surface area contributed by atoms with Crippen molar-refractivity contribution >= 4 is 11.9 Å². The van der Waals surface area contributed by atoms with Gasteiger partial charge >= 0.3 is 6.09 Å². The maximum absolute atomic E-state index is 12.2. The Bertz CT molecular complexity index is 661. The molecule has 1 N–H and O–H groups in total. The van der Waals surface area contributed by atoms with Gasteiger partial charge in [0.1, 0.15) is 23.3 Å². The number of hydrogen-bond donors (Lipinski definition) is 1. The van der Waals surface area contributed by atoms with Crippen LogP contribution in [0, 0.1) is 0 Å². The Morgan fingerprint density at radius 1 is 1.28 bits per heavy atom. The summed E-state index contributed by atoms with van der Waals surface area (Å²) in [5.41, 5.74) is 0.394. The predicted octanol–water partition coefficient (Wildman–Crippen LogP) is 2.25. The van der Waals surface area contributed by atoms with Crippen LogP contribution in [0.4, 0.5) is 10.6 Å². The molecule has 0 aromatic carbocycles. The number of piperazine rings is 1. The highest BCUT2D eigenvalue weighted by molar-refractivity contribution is 5.68. The summed E-state index contributed by atoms with van der Waals surface area (Å²) in [6, 6.07) is 0. The molecule has 138 valence electrons. The number of rotatable bonds is 1. The largest absolute Gasteiger partial charge is 0.444 e. The fourth-order valence-electron chi connectivity index (χ4n) is 3.74. The average molecular weight is 348 g/mol. The Labute approximate surface area is 149 Å². The fraction of sp³-hybridized carbons (Fsp3) is 0.722. The second-order valence-corrected chi connectivity index (χ2v) is 8.29. The van der Waals surface area contributed by atoms with E-state index >= 15 is 0 Å². The first-order valence-corrected chi connectivity index (χ1v) is 8.89. The normalized spacial score (nSPS) is 26.6. The van der Waals surface area contributed by atoms with Crippen molar-refractivity contribution < 1.29 is 14.6 Å². The van der Waals surface area contributed by atoms with Crippen LogP contribution in [0.1, 0.15) is 58.2 Å². The van der Waals surface area contributed by atoms with Gasteiger partial charge in [-0.3, -0.25) is 0 Å². The Hall–Kier alpha value is -1.89. The molecule has 2 aliphatic rings. The maximum atomic E-state index is 12.2. The lowest BCUT2D eigenvalue weighted by molar-refractivity contribution is 0.0240. The molecular weight excluding hydrogens is 320 g/mol. The van der Waals surface area contributed by atoms with E-state index in [9.17, 15) is 9.90 Å². The van der Waals surface area contributed by atoms with E-state index in [0.717, 1.165) is 17.1 Å². The van der Waals surface area contributed by atoms with Crippen LogP contribution in [0.2, 0.25) is 0 Å². The standard InChI is InChI=1S/C18H28N4O3/c1-12-10-18(5,24)14-13(12)15(20-11-19-14)21-6-8-22(9-7-21)16(23)25-17(2,3)4/h11-12,24H,6-10H2,1-5H3/t12-,18?/m1/s1. The summed E-state index contributed by atoms with van der Waals surface area (Å²) < 4.78 is 5.45. The van der Waals surface area contributed by atoms with Gasteiger partial charge in [-0.2, -0.15) is 0 Å². The summed E-state index contributed by atoms with van der Waals surface area (Å²) in [5, 5.41) is 10.6. The third kappa shape index (κ3) is 3.56. The molecule has 1 aromatic rings. The molecule has 1 aliphatic heterocycles. The highest BCUT2D eigenvalue weighted by atomic mass is 16.6. The number of anilines is 1. The molecule has 1 aromatic heterocycles. The van der Waals surface area contributed by atoms with E-state index in [1.807, 2.05) is 27.7 Å². The van der Waals surface area contributed by atoms with E-state index in [-0.39, 0.29) is 12.0 Å². The summed E-state index contributed by atoms with van der Waals surface area (Å²) in [7, 11) is 0. The molecule has 7 heteroatoms. The van der Waals surface area contributed by atoms with E-state index in [4.69, 9.17) is 4.74 Å². The van der Waals surface area contributed by atoms with Crippen molar-refractivity contribution in [3.8, 4) is 0 Å². The highest BCUT2D eigenvalue weighted by Gasteiger charge is 2.41. The molecule has 25 heavy (non-hydrogen) atoms.